The summed E-state index contributed by atoms with van der Waals surface area (Å²) >= 11 is 0. The van der Waals surface area contributed by atoms with Crippen molar-refractivity contribution in [2.75, 3.05) is 13.2 Å². The zero-order valence-corrected chi connectivity index (χ0v) is 9.63. The highest BCUT2D eigenvalue weighted by Crippen LogP contribution is 2.28. The predicted molar refractivity (Wildman–Crippen MR) is 63.9 cm³/mol. The molecule has 1 saturated heterocycles. The number of hydrogen-bond acceptors (Lipinski definition) is 3. The molecular weight excluding hydrogens is 218 g/mol. The van der Waals surface area contributed by atoms with Crippen LogP contribution in [-0.2, 0) is 4.74 Å². The molecule has 1 aliphatic rings. The van der Waals surface area contributed by atoms with Gasteiger partial charge in [0.2, 0.25) is 0 Å². The molecule has 1 atom stereocenters. The average Bonchev–Trinajstić information content (AvgIpc) is 2.39. The summed E-state index contributed by atoms with van der Waals surface area (Å²) in [5, 5.41) is 8.82. The van der Waals surface area contributed by atoms with E-state index in [1.54, 1.807) is 12.1 Å². The first-order chi connectivity index (χ1) is 8.18. The van der Waals surface area contributed by atoms with Gasteiger partial charge in [0.1, 0.15) is 0 Å². The summed E-state index contributed by atoms with van der Waals surface area (Å²) in [4.78, 5) is 10.7. The van der Waals surface area contributed by atoms with E-state index in [1.807, 2.05) is 12.1 Å². The predicted octanol–water partition coefficient (Wildman–Crippen LogP) is 1.81. The number of hydrogen-bond donors (Lipinski definition) is 2. The molecule has 0 spiro atoms. The summed E-state index contributed by atoms with van der Waals surface area (Å²) in [6, 6.07) is 6.81. The van der Waals surface area contributed by atoms with E-state index in [0.717, 1.165) is 31.6 Å². The van der Waals surface area contributed by atoms with Crippen LogP contribution in [0.3, 0.4) is 0 Å². The molecule has 0 bridgehead atoms. The minimum Gasteiger partial charge on any atom is -0.478 e. The fourth-order valence-corrected chi connectivity index (χ4v) is 2.20. The van der Waals surface area contributed by atoms with Gasteiger partial charge < -0.3 is 15.6 Å². The third-order valence-electron chi connectivity index (χ3n) is 3.32. The number of carbonyl (C=O) groups is 1. The van der Waals surface area contributed by atoms with Gasteiger partial charge in [0.05, 0.1) is 5.56 Å². The third kappa shape index (κ3) is 2.84. The summed E-state index contributed by atoms with van der Waals surface area (Å²) in [6.07, 6.45) is 1.95. The minimum absolute atomic E-state index is 0.0262. The van der Waals surface area contributed by atoms with Crippen molar-refractivity contribution in [1.29, 1.82) is 0 Å². The van der Waals surface area contributed by atoms with Crippen molar-refractivity contribution in [2.45, 2.75) is 18.9 Å². The summed E-state index contributed by atoms with van der Waals surface area (Å²) in [5.74, 6) is -0.476. The van der Waals surface area contributed by atoms with Gasteiger partial charge in [-0.2, -0.15) is 0 Å². The van der Waals surface area contributed by atoms with Gasteiger partial charge in [-0.25, -0.2) is 4.79 Å². The molecule has 0 aliphatic carbocycles. The van der Waals surface area contributed by atoms with Crippen LogP contribution < -0.4 is 5.73 Å². The van der Waals surface area contributed by atoms with E-state index in [4.69, 9.17) is 15.6 Å². The van der Waals surface area contributed by atoms with E-state index >= 15 is 0 Å². The highest BCUT2D eigenvalue weighted by Gasteiger charge is 2.22. The summed E-state index contributed by atoms with van der Waals surface area (Å²) in [5.41, 5.74) is 7.49. The number of rotatable bonds is 3. The topological polar surface area (TPSA) is 72.6 Å². The average molecular weight is 235 g/mol. The molecule has 92 valence electrons. The first kappa shape index (κ1) is 12.1. The quantitative estimate of drug-likeness (QED) is 0.838. The molecule has 0 aromatic heterocycles. The van der Waals surface area contributed by atoms with Crippen molar-refractivity contribution in [3.05, 3.63) is 35.4 Å². The van der Waals surface area contributed by atoms with Crippen LogP contribution in [0.25, 0.3) is 0 Å². The highest BCUT2D eigenvalue weighted by molar-refractivity contribution is 5.87. The van der Waals surface area contributed by atoms with Crippen LogP contribution >= 0.6 is 0 Å². The smallest absolute Gasteiger partial charge is 0.335 e. The first-order valence-corrected chi connectivity index (χ1v) is 5.85. The molecule has 17 heavy (non-hydrogen) atoms. The van der Waals surface area contributed by atoms with Crippen molar-refractivity contribution < 1.29 is 14.6 Å². The van der Waals surface area contributed by atoms with E-state index in [0.29, 0.717) is 11.5 Å². The van der Waals surface area contributed by atoms with Gasteiger partial charge in [0, 0.05) is 19.3 Å². The Kier molecular flexibility index (Phi) is 3.76. The molecule has 1 heterocycles. The Morgan fingerprint density at radius 3 is 2.41 bits per heavy atom. The molecule has 1 unspecified atom stereocenters. The Bertz CT molecular complexity index is 382. The standard InChI is InChI=1S/C13H17NO3/c14-12(10-5-7-17-8-6-10)9-1-3-11(4-2-9)13(15)16/h1-4,10,12H,5-8,14H2,(H,15,16). The maximum absolute atomic E-state index is 10.7. The Morgan fingerprint density at radius 1 is 1.29 bits per heavy atom. The summed E-state index contributed by atoms with van der Waals surface area (Å²) < 4.78 is 5.30. The fourth-order valence-electron chi connectivity index (χ4n) is 2.20. The Hall–Kier alpha value is -1.39. The van der Waals surface area contributed by atoms with E-state index in [1.165, 1.54) is 0 Å². The fraction of sp³-hybridized carbons (Fsp3) is 0.462. The lowest BCUT2D eigenvalue weighted by Crippen LogP contribution is -2.27. The zero-order chi connectivity index (χ0) is 12.3. The lowest BCUT2D eigenvalue weighted by molar-refractivity contribution is 0.0584. The minimum atomic E-state index is -0.906. The Balaban J connectivity index is 2.07. The molecule has 0 saturated carbocycles. The van der Waals surface area contributed by atoms with Crippen molar-refractivity contribution in [1.82, 2.24) is 0 Å². The van der Waals surface area contributed by atoms with Crippen LogP contribution in [-0.4, -0.2) is 24.3 Å². The number of aromatic carboxylic acids is 1. The van der Waals surface area contributed by atoms with Gasteiger partial charge in [-0.1, -0.05) is 12.1 Å². The number of carboxylic acid groups (broad SMARTS) is 1. The van der Waals surface area contributed by atoms with Crippen molar-refractivity contribution in [3.8, 4) is 0 Å². The zero-order valence-electron chi connectivity index (χ0n) is 9.63. The van der Waals surface area contributed by atoms with Gasteiger partial charge in [0.15, 0.2) is 0 Å². The molecule has 1 fully saturated rings. The number of ether oxygens (including phenoxy) is 1. The van der Waals surface area contributed by atoms with Crippen LogP contribution in [0, 0.1) is 5.92 Å². The van der Waals surface area contributed by atoms with Crippen LogP contribution in [0.2, 0.25) is 0 Å². The van der Waals surface area contributed by atoms with Crippen LogP contribution in [0.1, 0.15) is 34.8 Å². The molecule has 0 radical (unpaired) electrons. The van der Waals surface area contributed by atoms with Gasteiger partial charge >= 0.3 is 5.97 Å². The SMILES string of the molecule is NC(c1ccc(C(=O)O)cc1)C1CCOCC1. The first-order valence-electron chi connectivity index (χ1n) is 5.85. The van der Waals surface area contributed by atoms with Crippen molar-refractivity contribution in [2.24, 2.45) is 11.7 Å². The molecular formula is C13H17NO3. The molecule has 1 aliphatic heterocycles. The van der Waals surface area contributed by atoms with Gasteiger partial charge in [-0.3, -0.25) is 0 Å². The monoisotopic (exact) mass is 235 g/mol. The van der Waals surface area contributed by atoms with E-state index in [2.05, 4.69) is 0 Å². The van der Waals surface area contributed by atoms with Crippen LogP contribution in [0.15, 0.2) is 24.3 Å². The van der Waals surface area contributed by atoms with Gasteiger partial charge in [-0.15, -0.1) is 0 Å². The second-order valence-electron chi connectivity index (χ2n) is 4.40. The summed E-state index contributed by atoms with van der Waals surface area (Å²) in [6.45, 7) is 1.54. The molecule has 2 rings (SSSR count). The molecule has 0 amide bonds. The van der Waals surface area contributed by atoms with E-state index in [-0.39, 0.29) is 6.04 Å². The third-order valence-corrected chi connectivity index (χ3v) is 3.32. The Labute approximate surface area is 100 Å². The number of nitrogens with two attached hydrogens (primary N) is 1. The lowest BCUT2D eigenvalue weighted by atomic mass is 9.87. The van der Waals surface area contributed by atoms with Crippen molar-refractivity contribution in [3.63, 3.8) is 0 Å². The van der Waals surface area contributed by atoms with Crippen LogP contribution in [0.5, 0.6) is 0 Å². The normalized spacial score (nSPS) is 18.9. The molecule has 1 aromatic carbocycles. The second kappa shape index (κ2) is 5.29. The number of carboxylic acids is 1. The van der Waals surface area contributed by atoms with E-state index in [9.17, 15) is 4.79 Å². The van der Waals surface area contributed by atoms with Gasteiger partial charge in [0.25, 0.3) is 0 Å². The lowest BCUT2D eigenvalue weighted by Gasteiger charge is -2.27. The van der Waals surface area contributed by atoms with Crippen LogP contribution in [0.4, 0.5) is 0 Å². The molecule has 4 heteroatoms. The summed E-state index contributed by atoms with van der Waals surface area (Å²) in [7, 11) is 0. The highest BCUT2D eigenvalue weighted by atomic mass is 16.5. The largest absolute Gasteiger partial charge is 0.478 e. The second-order valence-corrected chi connectivity index (χ2v) is 4.40. The van der Waals surface area contributed by atoms with E-state index < -0.39 is 5.97 Å². The molecule has 3 N–H and O–H groups in total. The molecule has 4 nitrogen and oxygen atoms in total. The Morgan fingerprint density at radius 2 is 1.88 bits per heavy atom. The van der Waals surface area contributed by atoms with Gasteiger partial charge in [-0.05, 0) is 36.5 Å². The van der Waals surface area contributed by atoms with Crippen molar-refractivity contribution >= 4 is 5.97 Å². The maximum Gasteiger partial charge on any atom is 0.335 e. The maximum atomic E-state index is 10.7. The molecule has 1 aromatic rings. The number of benzene rings is 1.